The van der Waals surface area contributed by atoms with E-state index in [1.165, 1.54) is 0 Å². The van der Waals surface area contributed by atoms with Crippen molar-refractivity contribution in [3.8, 4) is 0 Å². The van der Waals surface area contributed by atoms with Crippen molar-refractivity contribution in [2.24, 2.45) is 0 Å². The molecule has 4 nitrogen and oxygen atoms in total. The molecule has 1 aliphatic heterocycles. The third kappa shape index (κ3) is 2.33. The Balaban J connectivity index is 1.96. The second-order valence-corrected chi connectivity index (χ2v) is 5.54. The minimum Gasteiger partial charge on any atom is -0.478 e. The first-order chi connectivity index (χ1) is 9.25. The van der Waals surface area contributed by atoms with E-state index in [0.29, 0.717) is 5.56 Å². The molecule has 98 valence electrons. The molecular formula is C14H14N2O2S. The molecule has 0 radical (unpaired) electrons. The Morgan fingerprint density at radius 3 is 3.11 bits per heavy atom. The predicted molar refractivity (Wildman–Crippen MR) is 74.9 cm³/mol. The zero-order valence-electron chi connectivity index (χ0n) is 10.4. The zero-order valence-corrected chi connectivity index (χ0v) is 11.2. The first-order valence-corrected chi connectivity index (χ1v) is 7.12. The molecule has 0 amide bonds. The normalized spacial score (nSPS) is 14.2. The minimum absolute atomic E-state index is 0.432. The van der Waals surface area contributed by atoms with Crippen LogP contribution in [0.3, 0.4) is 0 Å². The van der Waals surface area contributed by atoms with E-state index in [0.717, 1.165) is 42.2 Å². The average Bonchev–Trinajstić information content (AvgIpc) is 2.91. The Kier molecular flexibility index (Phi) is 3.21. The van der Waals surface area contributed by atoms with E-state index in [1.54, 1.807) is 23.6 Å². The fourth-order valence-corrected chi connectivity index (χ4v) is 3.19. The van der Waals surface area contributed by atoms with Crippen LogP contribution in [0.4, 0.5) is 5.69 Å². The van der Waals surface area contributed by atoms with Crippen LogP contribution >= 0.6 is 11.3 Å². The van der Waals surface area contributed by atoms with Gasteiger partial charge in [-0.1, -0.05) is 6.07 Å². The summed E-state index contributed by atoms with van der Waals surface area (Å²) in [6.45, 7) is 1.71. The lowest BCUT2D eigenvalue weighted by Gasteiger charge is -2.31. The summed E-state index contributed by atoms with van der Waals surface area (Å²) < 4.78 is 0. The highest BCUT2D eigenvalue weighted by atomic mass is 32.1. The van der Waals surface area contributed by atoms with Gasteiger partial charge < -0.3 is 10.0 Å². The standard InChI is InChI=1S/C14H14N2O2S/c17-14(18)11-3-1-5-12-10(11)4-2-7-16(12)9-13-15-6-8-19-13/h1,3,5-6,8H,2,4,7,9H2,(H,17,18). The van der Waals surface area contributed by atoms with Crippen molar-refractivity contribution in [1.29, 1.82) is 0 Å². The third-order valence-corrected chi connectivity index (χ3v) is 4.15. The Morgan fingerprint density at radius 1 is 1.47 bits per heavy atom. The maximum absolute atomic E-state index is 11.3. The summed E-state index contributed by atoms with van der Waals surface area (Å²) in [5, 5.41) is 12.3. The summed E-state index contributed by atoms with van der Waals surface area (Å²) in [4.78, 5) is 17.8. The van der Waals surface area contributed by atoms with Crippen molar-refractivity contribution in [3.05, 3.63) is 45.9 Å². The van der Waals surface area contributed by atoms with Gasteiger partial charge in [-0.3, -0.25) is 0 Å². The van der Waals surface area contributed by atoms with Crippen LogP contribution in [0, 0.1) is 0 Å². The number of hydrogen-bond donors (Lipinski definition) is 1. The molecule has 3 rings (SSSR count). The highest BCUT2D eigenvalue weighted by Crippen LogP contribution is 2.31. The lowest BCUT2D eigenvalue weighted by Crippen LogP contribution is -2.29. The molecule has 1 N–H and O–H groups in total. The summed E-state index contributed by atoms with van der Waals surface area (Å²) in [5.41, 5.74) is 2.43. The minimum atomic E-state index is -0.840. The predicted octanol–water partition coefficient (Wildman–Crippen LogP) is 2.79. The molecule has 19 heavy (non-hydrogen) atoms. The molecule has 0 aliphatic carbocycles. The number of carbonyl (C=O) groups is 1. The van der Waals surface area contributed by atoms with Crippen molar-refractivity contribution in [3.63, 3.8) is 0 Å². The molecule has 0 atom stereocenters. The van der Waals surface area contributed by atoms with Crippen LogP contribution in [-0.4, -0.2) is 22.6 Å². The molecule has 5 heteroatoms. The van der Waals surface area contributed by atoms with Crippen molar-refractivity contribution in [2.45, 2.75) is 19.4 Å². The van der Waals surface area contributed by atoms with Gasteiger partial charge >= 0.3 is 5.97 Å². The molecule has 0 spiro atoms. The Labute approximate surface area is 115 Å². The number of aromatic carboxylic acids is 1. The van der Waals surface area contributed by atoms with Gasteiger partial charge in [-0.2, -0.15) is 0 Å². The first kappa shape index (κ1) is 12.2. The summed E-state index contributed by atoms with van der Waals surface area (Å²) in [5.74, 6) is -0.840. The van der Waals surface area contributed by atoms with Crippen LogP contribution in [-0.2, 0) is 13.0 Å². The molecular weight excluding hydrogens is 260 g/mol. The number of benzene rings is 1. The van der Waals surface area contributed by atoms with Crippen LogP contribution in [0.1, 0.15) is 27.3 Å². The summed E-state index contributed by atoms with van der Waals surface area (Å²) >= 11 is 1.63. The first-order valence-electron chi connectivity index (χ1n) is 6.24. The van der Waals surface area contributed by atoms with Crippen molar-refractivity contribution in [1.82, 2.24) is 4.98 Å². The molecule has 0 bridgehead atoms. The number of rotatable bonds is 3. The van der Waals surface area contributed by atoms with Gasteiger partial charge in [0.25, 0.3) is 0 Å². The largest absolute Gasteiger partial charge is 0.478 e. The maximum atomic E-state index is 11.3. The van der Waals surface area contributed by atoms with Gasteiger partial charge in [0.1, 0.15) is 5.01 Å². The highest BCUT2D eigenvalue weighted by molar-refractivity contribution is 7.09. The number of fused-ring (bicyclic) bond motifs is 1. The zero-order chi connectivity index (χ0) is 13.2. The van der Waals surface area contributed by atoms with Crippen LogP contribution in [0.15, 0.2) is 29.8 Å². The van der Waals surface area contributed by atoms with Crippen LogP contribution in [0.2, 0.25) is 0 Å². The van der Waals surface area contributed by atoms with E-state index in [-0.39, 0.29) is 0 Å². The smallest absolute Gasteiger partial charge is 0.336 e. The number of anilines is 1. The fourth-order valence-electron chi connectivity index (χ4n) is 2.56. The van der Waals surface area contributed by atoms with Crippen LogP contribution < -0.4 is 4.90 Å². The number of hydrogen-bond acceptors (Lipinski definition) is 4. The van der Waals surface area contributed by atoms with Gasteiger partial charge in [0.15, 0.2) is 0 Å². The molecule has 0 saturated heterocycles. The highest BCUT2D eigenvalue weighted by Gasteiger charge is 2.22. The molecule has 1 aromatic carbocycles. The maximum Gasteiger partial charge on any atom is 0.336 e. The monoisotopic (exact) mass is 274 g/mol. The second-order valence-electron chi connectivity index (χ2n) is 4.56. The van der Waals surface area contributed by atoms with Crippen molar-refractivity contribution < 1.29 is 9.90 Å². The van der Waals surface area contributed by atoms with Crippen molar-refractivity contribution in [2.75, 3.05) is 11.4 Å². The van der Waals surface area contributed by atoms with E-state index < -0.39 is 5.97 Å². The second kappa shape index (κ2) is 5.01. The molecule has 0 unspecified atom stereocenters. The molecule has 2 heterocycles. The van der Waals surface area contributed by atoms with Gasteiger partial charge in [0.05, 0.1) is 12.1 Å². The van der Waals surface area contributed by atoms with Crippen LogP contribution in [0.25, 0.3) is 0 Å². The Bertz CT molecular complexity index is 595. The van der Waals surface area contributed by atoms with Gasteiger partial charge in [0.2, 0.25) is 0 Å². The summed E-state index contributed by atoms with van der Waals surface area (Å²) in [6.07, 6.45) is 3.63. The van der Waals surface area contributed by atoms with Gasteiger partial charge in [-0.05, 0) is 30.5 Å². The number of nitrogens with zero attached hydrogens (tertiary/aromatic N) is 2. The van der Waals surface area contributed by atoms with E-state index in [1.807, 2.05) is 17.5 Å². The van der Waals surface area contributed by atoms with Crippen molar-refractivity contribution >= 4 is 23.0 Å². The molecule has 0 fully saturated rings. The quantitative estimate of drug-likeness (QED) is 0.935. The van der Waals surface area contributed by atoms with Gasteiger partial charge in [-0.15, -0.1) is 11.3 Å². The molecule has 1 aliphatic rings. The van der Waals surface area contributed by atoms with E-state index >= 15 is 0 Å². The number of carboxylic acids is 1. The average molecular weight is 274 g/mol. The lowest BCUT2D eigenvalue weighted by atomic mass is 9.96. The fraction of sp³-hybridized carbons (Fsp3) is 0.286. The topological polar surface area (TPSA) is 53.4 Å². The lowest BCUT2D eigenvalue weighted by molar-refractivity contribution is 0.0695. The Morgan fingerprint density at radius 2 is 2.37 bits per heavy atom. The molecule has 1 aromatic heterocycles. The molecule has 2 aromatic rings. The van der Waals surface area contributed by atoms with E-state index in [4.69, 9.17) is 0 Å². The van der Waals surface area contributed by atoms with E-state index in [2.05, 4.69) is 9.88 Å². The molecule has 0 saturated carbocycles. The van der Waals surface area contributed by atoms with Gasteiger partial charge in [-0.25, -0.2) is 9.78 Å². The summed E-state index contributed by atoms with van der Waals surface area (Å²) in [7, 11) is 0. The van der Waals surface area contributed by atoms with Gasteiger partial charge in [0, 0.05) is 23.8 Å². The Hall–Kier alpha value is -1.88. The number of aromatic nitrogens is 1. The summed E-state index contributed by atoms with van der Waals surface area (Å²) in [6, 6.07) is 5.52. The number of carboxylic acid groups (broad SMARTS) is 1. The van der Waals surface area contributed by atoms with E-state index in [9.17, 15) is 9.90 Å². The SMILES string of the molecule is O=C(O)c1cccc2c1CCCN2Cc1nccs1. The number of thiazole rings is 1. The third-order valence-electron chi connectivity index (χ3n) is 3.39. The van der Waals surface area contributed by atoms with Crippen LogP contribution in [0.5, 0.6) is 0 Å².